The molecule has 6 nitrogen and oxygen atoms in total. The van der Waals surface area contributed by atoms with Gasteiger partial charge >= 0.3 is 0 Å². The summed E-state index contributed by atoms with van der Waals surface area (Å²) in [7, 11) is -3.77. The van der Waals surface area contributed by atoms with Crippen molar-refractivity contribution in [2.24, 2.45) is 23.2 Å². The van der Waals surface area contributed by atoms with Crippen molar-refractivity contribution in [3.8, 4) is 0 Å². The zero-order valence-electron chi connectivity index (χ0n) is 18.0. The van der Waals surface area contributed by atoms with Crippen molar-refractivity contribution in [2.75, 3.05) is 26.3 Å². The van der Waals surface area contributed by atoms with Crippen molar-refractivity contribution < 1.29 is 17.9 Å². The van der Waals surface area contributed by atoms with Crippen LogP contribution in [0.5, 0.6) is 0 Å². The molecule has 1 aromatic carbocycles. The third kappa shape index (κ3) is 3.92. The van der Waals surface area contributed by atoms with Gasteiger partial charge in [-0.25, -0.2) is 8.42 Å². The van der Waals surface area contributed by atoms with Crippen LogP contribution in [0.25, 0.3) is 0 Å². The Hall–Kier alpha value is -1.15. The number of nitrogens with one attached hydrogen (secondary N) is 1. The molecule has 1 aromatic rings. The van der Waals surface area contributed by atoms with Gasteiger partial charge in [0.2, 0.25) is 10.0 Å². The van der Waals surface area contributed by atoms with Crippen molar-refractivity contribution >= 4 is 27.5 Å². The van der Waals surface area contributed by atoms with Gasteiger partial charge in [0.1, 0.15) is 4.90 Å². The van der Waals surface area contributed by atoms with E-state index >= 15 is 0 Å². The number of morpholine rings is 1. The predicted molar refractivity (Wildman–Crippen MR) is 119 cm³/mol. The first-order chi connectivity index (χ1) is 14.8. The zero-order chi connectivity index (χ0) is 21.8. The molecule has 5 aliphatic rings. The molecule has 0 unspecified atom stereocenters. The number of benzene rings is 1. The highest BCUT2D eigenvalue weighted by Gasteiger charge is 2.53. The Balaban J connectivity index is 1.35. The van der Waals surface area contributed by atoms with Gasteiger partial charge in [0, 0.05) is 24.7 Å². The van der Waals surface area contributed by atoms with Crippen LogP contribution in [-0.4, -0.2) is 51.0 Å². The van der Waals surface area contributed by atoms with E-state index in [1.165, 1.54) is 55.0 Å². The van der Waals surface area contributed by atoms with Gasteiger partial charge in [-0.15, -0.1) is 0 Å². The van der Waals surface area contributed by atoms with Gasteiger partial charge in [0.05, 0.1) is 18.2 Å². The first kappa shape index (κ1) is 21.7. The first-order valence-electron chi connectivity index (χ1n) is 11.5. The van der Waals surface area contributed by atoms with Crippen LogP contribution in [0.1, 0.15) is 55.8 Å². The Kier molecular flexibility index (Phi) is 5.60. The Bertz CT molecular complexity index is 939. The molecular formula is C23H31ClN2O4S. The minimum atomic E-state index is -3.77. The maximum absolute atomic E-state index is 13.1. The van der Waals surface area contributed by atoms with E-state index in [0.29, 0.717) is 18.8 Å². The zero-order valence-corrected chi connectivity index (χ0v) is 19.6. The summed E-state index contributed by atoms with van der Waals surface area (Å²) in [4.78, 5) is 13.1. The lowest BCUT2D eigenvalue weighted by atomic mass is 9.48. The number of hydrogen-bond acceptors (Lipinski definition) is 4. The van der Waals surface area contributed by atoms with Crippen LogP contribution in [0.15, 0.2) is 23.1 Å². The van der Waals surface area contributed by atoms with Gasteiger partial charge in [0.25, 0.3) is 5.91 Å². The average molecular weight is 467 g/mol. The standard InChI is InChI=1S/C23H31ClN2O4S/c1-15(23-12-16-8-17(13-23)10-18(9-16)14-23)25-22(27)19-2-3-20(24)21(11-19)31(28,29)26-4-6-30-7-5-26/h2-3,11,15-18H,4-10,12-14H2,1H3,(H,25,27)/t15-,16?,17?,18?,23?/m0/s1. The number of halogens is 1. The molecule has 4 aliphatic carbocycles. The molecule has 0 radical (unpaired) electrons. The van der Waals surface area contributed by atoms with E-state index in [1.807, 2.05) is 0 Å². The minimum Gasteiger partial charge on any atom is -0.379 e. The highest BCUT2D eigenvalue weighted by Crippen LogP contribution is 2.61. The largest absolute Gasteiger partial charge is 0.379 e. The summed E-state index contributed by atoms with van der Waals surface area (Å²) < 4.78 is 32.8. The number of carbonyl (C=O) groups excluding carboxylic acids is 1. The molecule has 4 saturated carbocycles. The fourth-order valence-electron chi connectivity index (χ4n) is 6.91. The molecule has 1 amide bonds. The van der Waals surface area contributed by atoms with Crippen LogP contribution in [0.4, 0.5) is 0 Å². The smallest absolute Gasteiger partial charge is 0.251 e. The molecule has 0 spiro atoms. The van der Waals surface area contributed by atoms with Crippen molar-refractivity contribution in [3.63, 3.8) is 0 Å². The van der Waals surface area contributed by atoms with Gasteiger partial charge < -0.3 is 10.1 Å². The van der Waals surface area contributed by atoms with E-state index in [4.69, 9.17) is 16.3 Å². The summed E-state index contributed by atoms with van der Waals surface area (Å²) in [6.45, 7) is 3.43. The number of sulfonamides is 1. The van der Waals surface area contributed by atoms with Gasteiger partial charge in [-0.2, -0.15) is 4.31 Å². The molecule has 31 heavy (non-hydrogen) atoms. The van der Waals surface area contributed by atoms with E-state index in [1.54, 1.807) is 6.07 Å². The summed E-state index contributed by atoms with van der Waals surface area (Å²) in [6, 6.07) is 4.62. The molecule has 5 fully saturated rings. The Morgan fingerprint density at radius 3 is 2.29 bits per heavy atom. The second-order valence-corrected chi connectivity index (χ2v) is 12.5. The molecule has 1 saturated heterocycles. The van der Waals surface area contributed by atoms with E-state index < -0.39 is 10.0 Å². The Morgan fingerprint density at radius 2 is 1.71 bits per heavy atom. The quantitative estimate of drug-likeness (QED) is 0.717. The summed E-state index contributed by atoms with van der Waals surface area (Å²) in [5.41, 5.74) is 0.535. The summed E-state index contributed by atoms with van der Waals surface area (Å²) in [5.74, 6) is 2.21. The fraction of sp³-hybridized carbons (Fsp3) is 0.696. The van der Waals surface area contributed by atoms with E-state index in [-0.39, 0.29) is 40.4 Å². The van der Waals surface area contributed by atoms with E-state index in [9.17, 15) is 13.2 Å². The molecule has 1 N–H and O–H groups in total. The highest BCUT2D eigenvalue weighted by molar-refractivity contribution is 7.89. The fourth-order valence-corrected chi connectivity index (χ4v) is 8.82. The van der Waals surface area contributed by atoms with Gasteiger partial charge in [-0.1, -0.05) is 11.6 Å². The highest BCUT2D eigenvalue weighted by atomic mass is 35.5. The molecule has 0 aromatic heterocycles. The molecule has 4 bridgehead atoms. The summed E-state index contributed by atoms with van der Waals surface area (Å²) in [5, 5.41) is 3.36. The van der Waals surface area contributed by atoms with Gasteiger partial charge in [-0.3, -0.25) is 4.79 Å². The van der Waals surface area contributed by atoms with Crippen molar-refractivity contribution in [1.29, 1.82) is 0 Å². The molecular weight excluding hydrogens is 436 g/mol. The van der Waals surface area contributed by atoms with Gasteiger partial charge in [-0.05, 0) is 86.8 Å². The van der Waals surface area contributed by atoms with Gasteiger partial charge in [0.15, 0.2) is 0 Å². The molecule has 1 aliphatic heterocycles. The lowest BCUT2D eigenvalue weighted by Crippen LogP contribution is -2.55. The third-order valence-corrected chi connectivity index (χ3v) is 10.5. The van der Waals surface area contributed by atoms with Crippen LogP contribution in [0, 0.1) is 23.2 Å². The topological polar surface area (TPSA) is 75.7 Å². The van der Waals surface area contributed by atoms with E-state index in [2.05, 4.69) is 12.2 Å². The molecule has 170 valence electrons. The monoisotopic (exact) mass is 466 g/mol. The van der Waals surface area contributed by atoms with Crippen LogP contribution in [0.3, 0.4) is 0 Å². The normalized spacial score (nSPS) is 33.9. The van der Waals surface area contributed by atoms with Crippen molar-refractivity contribution in [1.82, 2.24) is 9.62 Å². The number of nitrogens with zero attached hydrogens (tertiary/aromatic N) is 1. The number of rotatable bonds is 5. The van der Waals surface area contributed by atoms with Crippen molar-refractivity contribution in [3.05, 3.63) is 28.8 Å². The van der Waals surface area contributed by atoms with Crippen LogP contribution >= 0.6 is 11.6 Å². The van der Waals surface area contributed by atoms with Crippen molar-refractivity contribution in [2.45, 2.75) is 56.4 Å². The Labute approximate surface area is 189 Å². The SMILES string of the molecule is C[C@H](NC(=O)c1ccc(Cl)c(S(=O)(=O)N2CCOCC2)c1)C12CC3CC(CC(C3)C1)C2. The predicted octanol–water partition coefficient (Wildman–Crippen LogP) is 3.70. The summed E-state index contributed by atoms with van der Waals surface area (Å²) in [6.07, 6.45) is 7.70. The second kappa shape index (κ2) is 8.01. The first-order valence-corrected chi connectivity index (χ1v) is 13.3. The number of carbonyl (C=O) groups is 1. The maximum atomic E-state index is 13.1. The molecule has 8 heteroatoms. The lowest BCUT2D eigenvalue weighted by molar-refractivity contribution is -0.0688. The van der Waals surface area contributed by atoms with Crippen LogP contribution < -0.4 is 5.32 Å². The maximum Gasteiger partial charge on any atom is 0.251 e. The van der Waals surface area contributed by atoms with Crippen LogP contribution in [0.2, 0.25) is 5.02 Å². The number of ether oxygens (including phenoxy) is 1. The average Bonchev–Trinajstić information content (AvgIpc) is 2.73. The van der Waals surface area contributed by atoms with E-state index in [0.717, 1.165) is 17.8 Å². The number of amides is 1. The Morgan fingerprint density at radius 1 is 1.13 bits per heavy atom. The third-order valence-electron chi connectivity index (χ3n) is 8.13. The van der Waals surface area contributed by atoms with Crippen LogP contribution in [-0.2, 0) is 14.8 Å². The minimum absolute atomic E-state index is 0.00817. The number of hydrogen-bond donors (Lipinski definition) is 1. The summed E-state index contributed by atoms with van der Waals surface area (Å²) >= 11 is 6.25. The molecule has 6 rings (SSSR count). The molecule has 1 atom stereocenters. The molecule has 1 heterocycles. The second-order valence-electron chi connectivity index (χ2n) is 10.1. The lowest BCUT2D eigenvalue weighted by Gasteiger charge is -2.59.